The largest absolute Gasteiger partial charge is 0.421 e. The molecule has 2 aromatic rings. The van der Waals surface area contributed by atoms with Crippen LogP contribution in [-0.2, 0) is 6.42 Å². The molecule has 1 aromatic heterocycles. The summed E-state index contributed by atoms with van der Waals surface area (Å²) in [6, 6.07) is 8.81. The van der Waals surface area contributed by atoms with Gasteiger partial charge < -0.3 is 4.42 Å². The molecule has 24 heavy (non-hydrogen) atoms. The number of hydrogen-bond acceptors (Lipinski definition) is 3. The smallest absolute Gasteiger partial charge is 0.247 e. The molecule has 1 saturated carbocycles. The zero-order valence-electron chi connectivity index (χ0n) is 15.1. The van der Waals surface area contributed by atoms with Crippen molar-refractivity contribution in [3.63, 3.8) is 0 Å². The van der Waals surface area contributed by atoms with Gasteiger partial charge in [-0.1, -0.05) is 45.2 Å². The van der Waals surface area contributed by atoms with Crippen molar-refractivity contribution in [2.75, 3.05) is 0 Å². The molecule has 1 aliphatic rings. The average molecular weight is 326 g/mol. The molecule has 0 spiro atoms. The lowest BCUT2D eigenvalue weighted by molar-refractivity contribution is 0.308. The van der Waals surface area contributed by atoms with Gasteiger partial charge in [-0.3, -0.25) is 0 Å². The normalized spacial score (nSPS) is 21.1. The predicted octanol–water partition coefficient (Wildman–Crippen LogP) is 6.15. The summed E-state index contributed by atoms with van der Waals surface area (Å²) in [7, 11) is 0. The summed E-state index contributed by atoms with van der Waals surface area (Å²) in [6.07, 6.45) is 11.3. The highest BCUT2D eigenvalue weighted by molar-refractivity contribution is 5.53. The van der Waals surface area contributed by atoms with Crippen LogP contribution in [0.4, 0.5) is 0 Å². The van der Waals surface area contributed by atoms with E-state index in [4.69, 9.17) is 4.42 Å². The van der Waals surface area contributed by atoms with E-state index in [9.17, 15) is 0 Å². The first-order valence-corrected chi connectivity index (χ1v) is 9.72. The van der Waals surface area contributed by atoms with Crippen LogP contribution >= 0.6 is 0 Å². The number of benzene rings is 1. The van der Waals surface area contributed by atoms with E-state index in [1.807, 2.05) is 0 Å². The van der Waals surface area contributed by atoms with Gasteiger partial charge in [-0.05, 0) is 61.6 Å². The van der Waals surface area contributed by atoms with Crippen LogP contribution in [0, 0.1) is 5.92 Å². The topological polar surface area (TPSA) is 38.9 Å². The van der Waals surface area contributed by atoms with Gasteiger partial charge in [0.05, 0.1) is 0 Å². The van der Waals surface area contributed by atoms with Crippen LogP contribution in [-0.4, -0.2) is 10.2 Å². The number of rotatable bonds is 7. The van der Waals surface area contributed by atoms with Gasteiger partial charge in [0.2, 0.25) is 11.8 Å². The monoisotopic (exact) mass is 326 g/mol. The van der Waals surface area contributed by atoms with Crippen LogP contribution in [0.25, 0.3) is 11.5 Å². The Bertz CT molecular complexity index is 609. The van der Waals surface area contributed by atoms with Crippen LogP contribution in [0.5, 0.6) is 0 Å². The van der Waals surface area contributed by atoms with Crippen molar-refractivity contribution in [2.45, 2.75) is 77.6 Å². The fourth-order valence-electron chi connectivity index (χ4n) is 3.89. The summed E-state index contributed by atoms with van der Waals surface area (Å²) < 4.78 is 5.78. The quantitative estimate of drug-likeness (QED) is 0.612. The molecule has 1 aromatic carbocycles. The highest BCUT2D eigenvalue weighted by atomic mass is 16.4. The second-order valence-corrected chi connectivity index (χ2v) is 7.23. The van der Waals surface area contributed by atoms with Crippen molar-refractivity contribution < 1.29 is 4.42 Å². The second kappa shape index (κ2) is 8.46. The van der Waals surface area contributed by atoms with E-state index >= 15 is 0 Å². The summed E-state index contributed by atoms with van der Waals surface area (Å²) in [5.41, 5.74) is 2.51. The zero-order chi connectivity index (χ0) is 16.8. The molecular formula is C21H30N2O. The molecule has 3 rings (SSSR count). The SMILES string of the molecule is CCCCc1nnc(-c2ccc(C3CCC(CCC)CC3)cc2)o1. The summed E-state index contributed by atoms with van der Waals surface area (Å²) in [6.45, 7) is 4.47. The van der Waals surface area contributed by atoms with Crippen LogP contribution in [0.15, 0.2) is 28.7 Å². The first kappa shape index (κ1) is 17.2. The zero-order valence-corrected chi connectivity index (χ0v) is 15.1. The molecular weight excluding hydrogens is 296 g/mol. The molecule has 3 nitrogen and oxygen atoms in total. The number of hydrogen-bond donors (Lipinski definition) is 0. The molecule has 0 amide bonds. The average Bonchev–Trinajstić information content (AvgIpc) is 3.10. The maximum absolute atomic E-state index is 5.78. The highest BCUT2D eigenvalue weighted by Crippen LogP contribution is 2.37. The Balaban J connectivity index is 1.60. The Hall–Kier alpha value is -1.64. The molecule has 0 radical (unpaired) electrons. The maximum atomic E-state index is 5.78. The lowest BCUT2D eigenvalue weighted by Crippen LogP contribution is -2.13. The molecule has 0 unspecified atom stereocenters. The van der Waals surface area contributed by atoms with E-state index in [2.05, 4.69) is 48.3 Å². The van der Waals surface area contributed by atoms with E-state index < -0.39 is 0 Å². The molecule has 1 heterocycles. The van der Waals surface area contributed by atoms with E-state index in [1.165, 1.54) is 44.1 Å². The first-order valence-electron chi connectivity index (χ1n) is 9.72. The summed E-state index contributed by atoms with van der Waals surface area (Å²) in [4.78, 5) is 0. The Labute approximate surface area is 145 Å². The number of nitrogens with zero attached hydrogens (tertiary/aromatic N) is 2. The Morgan fingerprint density at radius 2 is 1.71 bits per heavy atom. The minimum atomic E-state index is 0.652. The summed E-state index contributed by atoms with van der Waals surface area (Å²) >= 11 is 0. The second-order valence-electron chi connectivity index (χ2n) is 7.23. The molecule has 0 atom stereocenters. The molecule has 0 N–H and O–H groups in total. The molecule has 0 aliphatic heterocycles. The summed E-state index contributed by atoms with van der Waals surface area (Å²) in [5.74, 6) is 3.10. The molecule has 3 heteroatoms. The van der Waals surface area contributed by atoms with Crippen LogP contribution < -0.4 is 0 Å². The van der Waals surface area contributed by atoms with E-state index in [0.717, 1.165) is 42.6 Å². The third-order valence-corrected chi connectivity index (χ3v) is 5.38. The van der Waals surface area contributed by atoms with Crippen LogP contribution in [0.3, 0.4) is 0 Å². The van der Waals surface area contributed by atoms with Crippen molar-refractivity contribution >= 4 is 0 Å². The predicted molar refractivity (Wildman–Crippen MR) is 98.0 cm³/mol. The maximum Gasteiger partial charge on any atom is 0.247 e. The van der Waals surface area contributed by atoms with E-state index in [0.29, 0.717) is 5.89 Å². The van der Waals surface area contributed by atoms with Gasteiger partial charge in [0.25, 0.3) is 0 Å². The number of unbranched alkanes of at least 4 members (excludes halogenated alkanes) is 1. The minimum absolute atomic E-state index is 0.652. The van der Waals surface area contributed by atoms with Crippen LogP contribution in [0.1, 0.15) is 82.6 Å². The third kappa shape index (κ3) is 4.25. The fraction of sp³-hybridized carbons (Fsp3) is 0.619. The van der Waals surface area contributed by atoms with Gasteiger partial charge in [-0.25, -0.2) is 0 Å². The molecule has 1 aliphatic carbocycles. The van der Waals surface area contributed by atoms with Crippen molar-refractivity contribution in [1.82, 2.24) is 10.2 Å². The summed E-state index contributed by atoms with van der Waals surface area (Å²) in [5, 5.41) is 8.35. The highest BCUT2D eigenvalue weighted by Gasteiger charge is 2.21. The Morgan fingerprint density at radius 3 is 2.38 bits per heavy atom. The van der Waals surface area contributed by atoms with Gasteiger partial charge in [0, 0.05) is 12.0 Å². The van der Waals surface area contributed by atoms with E-state index in [1.54, 1.807) is 0 Å². The number of aryl methyl sites for hydroxylation is 1. The van der Waals surface area contributed by atoms with Gasteiger partial charge in [0.1, 0.15) is 0 Å². The lowest BCUT2D eigenvalue weighted by Gasteiger charge is -2.28. The first-order chi connectivity index (χ1) is 11.8. The third-order valence-electron chi connectivity index (χ3n) is 5.38. The van der Waals surface area contributed by atoms with Gasteiger partial charge in [-0.15, -0.1) is 10.2 Å². The van der Waals surface area contributed by atoms with Crippen LogP contribution in [0.2, 0.25) is 0 Å². The molecule has 0 saturated heterocycles. The van der Waals surface area contributed by atoms with E-state index in [-0.39, 0.29) is 0 Å². The van der Waals surface area contributed by atoms with Crippen molar-refractivity contribution in [2.24, 2.45) is 5.92 Å². The standard InChI is InChI=1S/C21H30N2O/c1-3-5-7-20-22-23-21(24-20)19-14-12-18(13-15-19)17-10-8-16(6-4-2)9-11-17/h12-17H,3-11H2,1-2H3. The fourth-order valence-corrected chi connectivity index (χ4v) is 3.89. The van der Waals surface area contributed by atoms with Gasteiger partial charge >= 0.3 is 0 Å². The van der Waals surface area contributed by atoms with Crippen molar-refractivity contribution in [3.05, 3.63) is 35.7 Å². The molecule has 0 bridgehead atoms. The lowest BCUT2D eigenvalue weighted by atomic mass is 9.77. The minimum Gasteiger partial charge on any atom is -0.421 e. The van der Waals surface area contributed by atoms with Crippen molar-refractivity contribution in [3.8, 4) is 11.5 Å². The molecule has 130 valence electrons. The van der Waals surface area contributed by atoms with Gasteiger partial charge in [-0.2, -0.15) is 0 Å². The molecule has 1 fully saturated rings. The Morgan fingerprint density at radius 1 is 0.958 bits per heavy atom. The Kier molecular flexibility index (Phi) is 6.06. The van der Waals surface area contributed by atoms with Crippen molar-refractivity contribution in [1.29, 1.82) is 0 Å². The number of aromatic nitrogens is 2. The van der Waals surface area contributed by atoms with Gasteiger partial charge in [0.15, 0.2) is 0 Å².